The van der Waals surface area contributed by atoms with Gasteiger partial charge in [0.05, 0.1) is 24.7 Å². The van der Waals surface area contributed by atoms with Crippen molar-refractivity contribution >= 4 is 23.2 Å². The number of carbonyl (C=O) groups excluding carboxylic acids is 1. The number of benzene rings is 2. The lowest BCUT2D eigenvalue weighted by Crippen LogP contribution is -2.26. The number of nitrogens with zero attached hydrogens (tertiary/aromatic N) is 2. The highest BCUT2D eigenvalue weighted by Gasteiger charge is 2.20. The number of non-ortho nitro benzene ring substituents is 1. The van der Waals surface area contributed by atoms with Crippen molar-refractivity contribution in [3.8, 4) is 11.5 Å². The van der Waals surface area contributed by atoms with Gasteiger partial charge in [-0.05, 0) is 29.8 Å². The Morgan fingerprint density at radius 3 is 2.52 bits per heavy atom. The molecule has 1 amide bonds. The summed E-state index contributed by atoms with van der Waals surface area (Å²) in [6, 6.07) is 9.02. The zero-order chi connectivity index (χ0) is 18.6. The number of rotatable bonds is 6. The molecule has 0 atom stereocenters. The highest BCUT2D eigenvalue weighted by molar-refractivity contribution is 6.31. The van der Waals surface area contributed by atoms with Crippen LogP contribution in [0.3, 0.4) is 0 Å². The Hall–Kier alpha value is -2.80. The summed E-state index contributed by atoms with van der Waals surface area (Å²) in [6.45, 7) is 0.111. The number of amides is 1. The molecule has 0 unspecified atom stereocenters. The zero-order valence-corrected chi connectivity index (χ0v) is 14.7. The summed E-state index contributed by atoms with van der Waals surface area (Å²) in [4.78, 5) is 24.5. The second-order valence-electron chi connectivity index (χ2n) is 5.26. The minimum atomic E-state index is -0.507. The van der Waals surface area contributed by atoms with Gasteiger partial charge < -0.3 is 14.4 Å². The lowest BCUT2D eigenvalue weighted by Gasteiger charge is -2.19. The Morgan fingerprint density at radius 2 is 1.92 bits per heavy atom. The van der Waals surface area contributed by atoms with Crippen LogP contribution in [-0.2, 0) is 6.54 Å². The summed E-state index contributed by atoms with van der Waals surface area (Å²) < 4.78 is 10.4. The molecule has 0 radical (unpaired) electrons. The smallest absolute Gasteiger partial charge is 0.269 e. The number of hydrogen-bond acceptors (Lipinski definition) is 5. The van der Waals surface area contributed by atoms with Gasteiger partial charge in [-0.2, -0.15) is 0 Å². The average Bonchev–Trinajstić information content (AvgIpc) is 2.61. The molecule has 0 aliphatic rings. The number of nitro benzene ring substituents is 1. The van der Waals surface area contributed by atoms with Crippen LogP contribution in [0.4, 0.5) is 5.69 Å². The van der Waals surface area contributed by atoms with Crippen molar-refractivity contribution < 1.29 is 19.2 Å². The maximum absolute atomic E-state index is 12.7. The summed E-state index contributed by atoms with van der Waals surface area (Å²) in [7, 11) is 4.55. The van der Waals surface area contributed by atoms with Gasteiger partial charge in [0.1, 0.15) is 11.5 Å². The molecule has 0 aromatic heterocycles. The molecule has 0 bridgehead atoms. The minimum Gasteiger partial charge on any atom is -0.497 e. The van der Waals surface area contributed by atoms with E-state index in [1.54, 1.807) is 25.2 Å². The van der Waals surface area contributed by atoms with E-state index in [9.17, 15) is 14.9 Å². The first kappa shape index (κ1) is 18.5. The van der Waals surface area contributed by atoms with Crippen LogP contribution >= 0.6 is 11.6 Å². The van der Waals surface area contributed by atoms with Crippen LogP contribution in [-0.4, -0.2) is 37.0 Å². The molecular formula is C17H17ClN2O5. The van der Waals surface area contributed by atoms with Crippen LogP contribution in [0.1, 0.15) is 15.9 Å². The van der Waals surface area contributed by atoms with Crippen LogP contribution < -0.4 is 9.47 Å². The fourth-order valence-corrected chi connectivity index (χ4v) is 2.49. The zero-order valence-electron chi connectivity index (χ0n) is 14.0. The number of hydrogen-bond donors (Lipinski definition) is 0. The third-order valence-electron chi connectivity index (χ3n) is 3.63. The molecule has 0 saturated carbocycles. The molecular weight excluding hydrogens is 348 g/mol. The van der Waals surface area contributed by atoms with Gasteiger partial charge >= 0.3 is 0 Å². The summed E-state index contributed by atoms with van der Waals surface area (Å²) in [6.07, 6.45) is 0. The second kappa shape index (κ2) is 7.85. The van der Waals surface area contributed by atoms with Crippen molar-refractivity contribution in [2.24, 2.45) is 0 Å². The first-order chi connectivity index (χ1) is 11.9. The van der Waals surface area contributed by atoms with Gasteiger partial charge in [-0.15, -0.1) is 0 Å². The normalized spacial score (nSPS) is 10.2. The van der Waals surface area contributed by atoms with Crippen LogP contribution in [0.5, 0.6) is 11.5 Å². The fraction of sp³-hybridized carbons (Fsp3) is 0.235. The molecule has 0 aliphatic heterocycles. The maximum atomic E-state index is 12.7. The first-order valence-corrected chi connectivity index (χ1v) is 7.65. The molecule has 0 N–H and O–H groups in total. The molecule has 0 saturated heterocycles. The van der Waals surface area contributed by atoms with Crippen LogP contribution in [0.25, 0.3) is 0 Å². The lowest BCUT2D eigenvalue weighted by molar-refractivity contribution is -0.384. The predicted molar refractivity (Wildman–Crippen MR) is 93.4 cm³/mol. The average molecular weight is 365 g/mol. The van der Waals surface area contributed by atoms with Crippen molar-refractivity contribution in [3.63, 3.8) is 0 Å². The van der Waals surface area contributed by atoms with Gasteiger partial charge in [-0.1, -0.05) is 11.6 Å². The van der Waals surface area contributed by atoms with Crippen molar-refractivity contribution in [2.45, 2.75) is 6.54 Å². The summed E-state index contributed by atoms with van der Waals surface area (Å²) >= 11 is 6.10. The van der Waals surface area contributed by atoms with Gasteiger partial charge in [0.15, 0.2) is 0 Å². The molecule has 0 heterocycles. The quantitative estimate of drug-likeness (QED) is 0.578. The largest absolute Gasteiger partial charge is 0.497 e. The van der Waals surface area contributed by atoms with Crippen molar-refractivity contribution in [3.05, 3.63) is 62.7 Å². The van der Waals surface area contributed by atoms with Gasteiger partial charge in [0.25, 0.3) is 11.6 Å². The van der Waals surface area contributed by atoms with E-state index in [-0.39, 0.29) is 18.1 Å². The highest BCUT2D eigenvalue weighted by atomic mass is 35.5. The van der Waals surface area contributed by atoms with E-state index in [1.165, 1.54) is 37.3 Å². The maximum Gasteiger partial charge on any atom is 0.269 e. The fourth-order valence-electron chi connectivity index (χ4n) is 2.31. The van der Waals surface area contributed by atoms with E-state index >= 15 is 0 Å². The molecule has 0 fully saturated rings. The van der Waals surface area contributed by atoms with E-state index in [1.807, 2.05) is 0 Å². The molecule has 0 aliphatic carbocycles. The lowest BCUT2D eigenvalue weighted by atomic mass is 10.1. The Balaban J connectivity index is 2.29. The van der Waals surface area contributed by atoms with Crippen LogP contribution in [0.15, 0.2) is 36.4 Å². The van der Waals surface area contributed by atoms with Crippen molar-refractivity contribution in [2.75, 3.05) is 21.3 Å². The monoisotopic (exact) mass is 364 g/mol. The molecule has 2 aromatic rings. The SMILES string of the molecule is COc1ccc(OC)c(C(=O)N(C)Cc2cc([N+](=O)[O-])ccc2Cl)c1. The minimum absolute atomic E-state index is 0.0841. The second-order valence-corrected chi connectivity index (χ2v) is 5.67. The first-order valence-electron chi connectivity index (χ1n) is 7.27. The van der Waals surface area contributed by atoms with E-state index in [2.05, 4.69) is 0 Å². The topological polar surface area (TPSA) is 81.9 Å². The molecule has 2 aromatic carbocycles. The third-order valence-corrected chi connectivity index (χ3v) is 4.00. The van der Waals surface area contributed by atoms with Gasteiger partial charge in [-0.3, -0.25) is 14.9 Å². The summed E-state index contributed by atoms with van der Waals surface area (Å²) in [5.41, 5.74) is 0.721. The third kappa shape index (κ3) is 4.19. The summed E-state index contributed by atoms with van der Waals surface area (Å²) in [5, 5.41) is 11.3. The number of methoxy groups -OCH3 is 2. The van der Waals surface area contributed by atoms with E-state index in [0.29, 0.717) is 27.6 Å². The van der Waals surface area contributed by atoms with E-state index in [0.717, 1.165) is 0 Å². The number of carbonyl (C=O) groups is 1. The van der Waals surface area contributed by atoms with Gasteiger partial charge in [-0.25, -0.2) is 0 Å². The molecule has 25 heavy (non-hydrogen) atoms. The Bertz CT molecular complexity index is 810. The molecule has 0 spiro atoms. The molecule has 8 heteroatoms. The Labute approximate surface area is 149 Å². The predicted octanol–water partition coefficient (Wildman–Crippen LogP) is 3.54. The Morgan fingerprint density at radius 1 is 1.20 bits per heavy atom. The van der Waals surface area contributed by atoms with E-state index in [4.69, 9.17) is 21.1 Å². The van der Waals surface area contributed by atoms with Crippen LogP contribution in [0.2, 0.25) is 5.02 Å². The number of nitro groups is 1. The number of halogens is 1. The molecule has 2 rings (SSSR count). The Kier molecular flexibility index (Phi) is 5.82. The van der Waals surface area contributed by atoms with Gasteiger partial charge in [0, 0.05) is 30.7 Å². The molecule has 132 valence electrons. The highest BCUT2D eigenvalue weighted by Crippen LogP contribution is 2.27. The van der Waals surface area contributed by atoms with Crippen LogP contribution in [0, 0.1) is 10.1 Å². The van der Waals surface area contributed by atoms with E-state index < -0.39 is 4.92 Å². The van der Waals surface area contributed by atoms with Gasteiger partial charge in [0.2, 0.25) is 0 Å². The standard InChI is InChI=1S/C17H17ClN2O5/c1-19(10-11-8-12(20(22)23)4-6-15(11)18)17(21)14-9-13(24-2)5-7-16(14)25-3/h4-9H,10H2,1-3H3. The molecule has 7 nitrogen and oxygen atoms in total. The van der Waals surface area contributed by atoms with Crippen molar-refractivity contribution in [1.82, 2.24) is 4.90 Å². The van der Waals surface area contributed by atoms with Crippen molar-refractivity contribution in [1.29, 1.82) is 0 Å². The number of ether oxygens (including phenoxy) is 2. The summed E-state index contributed by atoms with van der Waals surface area (Å²) in [5.74, 6) is 0.604.